The first-order chi connectivity index (χ1) is 14.9. The Morgan fingerprint density at radius 1 is 0.906 bits per heavy atom. The zero-order valence-electron chi connectivity index (χ0n) is 22.2. The largest absolute Gasteiger partial charge is 0.461 e. The first-order valence-corrected chi connectivity index (χ1v) is 13.4. The van der Waals surface area contributed by atoms with Crippen LogP contribution < -0.4 is 0 Å². The Balaban J connectivity index is 1.46. The summed E-state index contributed by atoms with van der Waals surface area (Å²) in [5.41, 5.74) is 1.22. The summed E-state index contributed by atoms with van der Waals surface area (Å²) in [6.45, 7) is 10.6. The van der Waals surface area contributed by atoms with Crippen molar-refractivity contribution in [1.82, 2.24) is 9.80 Å². The second-order valence-electron chi connectivity index (χ2n) is 13.5. The summed E-state index contributed by atoms with van der Waals surface area (Å²) in [6, 6.07) is 0. The molecule has 4 heteroatoms. The highest BCUT2D eigenvalue weighted by Crippen LogP contribution is 2.68. The van der Waals surface area contributed by atoms with E-state index in [9.17, 15) is 4.79 Å². The standard InChI is InChI=1S/C28H50N2O2/c1-26(2,30(7)8)24-12-11-22-21-10-9-19-17-20(32-25(31)18-29(5)6)13-15-27(19,3)23(21)14-16-28(22,24)4/h19-24H,9-18H2,1-8H3/t19-,20-,21-,22-,23-,24+,27-,28-/m0/s1. The molecule has 4 saturated carbocycles. The van der Waals surface area contributed by atoms with E-state index in [0.717, 1.165) is 42.4 Å². The van der Waals surface area contributed by atoms with E-state index in [1.165, 1.54) is 44.9 Å². The molecule has 184 valence electrons. The van der Waals surface area contributed by atoms with Gasteiger partial charge in [-0.05, 0) is 140 Å². The maximum absolute atomic E-state index is 12.2. The maximum atomic E-state index is 12.2. The number of fused-ring (bicyclic) bond motifs is 5. The lowest BCUT2D eigenvalue weighted by atomic mass is 9.44. The normalized spacial score (nSPS) is 44.2. The number of esters is 1. The second-order valence-corrected chi connectivity index (χ2v) is 13.5. The molecule has 4 rings (SSSR count). The van der Waals surface area contributed by atoms with Crippen molar-refractivity contribution in [2.24, 2.45) is 40.4 Å². The molecule has 0 heterocycles. The number of rotatable bonds is 5. The minimum absolute atomic E-state index is 0.0498. The number of carbonyl (C=O) groups excluding carboxylic acids is 1. The summed E-state index contributed by atoms with van der Waals surface area (Å²) >= 11 is 0. The predicted molar refractivity (Wildman–Crippen MR) is 131 cm³/mol. The topological polar surface area (TPSA) is 32.8 Å². The monoisotopic (exact) mass is 446 g/mol. The van der Waals surface area contributed by atoms with E-state index in [1.807, 2.05) is 19.0 Å². The van der Waals surface area contributed by atoms with E-state index in [0.29, 0.717) is 17.4 Å². The van der Waals surface area contributed by atoms with E-state index in [4.69, 9.17) is 4.74 Å². The number of likely N-dealkylation sites (N-methyl/N-ethyl adjacent to an activating group) is 1. The molecule has 4 aliphatic rings. The molecule has 0 amide bonds. The SMILES string of the molecule is CN(C)CC(=O)O[C@H]1CC[C@@]2(C)[C@@H](CC[C@@H]3[C@@H]2CC[C@]2(C)[C@@H](C(C)(C)N(C)C)CC[C@@H]32)C1. The van der Waals surface area contributed by atoms with Gasteiger partial charge in [-0.1, -0.05) is 13.8 Å². The van der Waals surface area contributed by atoms with Gasteiger partial charge >= 0.3 is 5.97 Å². The van der Waals surface area contributed by atoms with Crippen molar-refractivity contribution in [1.29, 1.82) is 0 Å². The van der Waals surface area contributed by atoms with Crippen LogP contribution in [0.15, 0.2) is 0 Å². The van der Waals surface area contributed by atoms with Gasteiger partial charge in [0.2, 0.25) is 0 Å². The molecule has 4 aliphatic carbocycles. The van der Waals surface area contributed by atoms with E-state index in [-0.39, 0.29) is 17.6 Å². The molecule has 32 heavy (non-hydrogen) atoms. The first-order valence-electron chi connectivity index (χ1n) is 13.4. The van der Waals surface area contributed by atoms with Crippen LogP contribution in [0.1, 0.15) is 85.5 Å². The summed E-state index contributed by atoms with van der Waals surface area (Å²) in [5.74, 6) is 4.16. The van der Waals surface area contributed by atoms with Crippen molar-refractivity contribution >= 4 is 5.97 Å². The van der Waals surface area contributed by atoms with Crippen LogP contribution >= 0.6 is 0 Å². The van der Waals surface area contributed by atoms with Crippen LogP contribution in [0.2, 0.25) is 0 Å². The minimum atomic E-state index is -0.0498. The van der Waals surface area contributed by atoms with Crippen LogP contribution in [-0.4, -0.2) is 62.1 Å². The molecule has 0 saturated heterocycles. The summed E-state index contributed by atoms with van der Waals surface area (Å²) < 4.78 is 5.91. The third-order valence-corrected chi connectivity index (χ3v) is 11.4. The van der Waals surface area contributed by atoms with Crippen molar-refractivity contribution in [2.45, 2.75) is 97.1 Å². The van der Waals surface area contributed by atoms with Crippen LogP contribution in [-0.2, 0) is 9.53 Å². The van der Waals surface area contributed by atoms with Gasteiger partial charge in [0, 0.05) is 5.54 Å². The Labute approximate surface area is 197 Å². The molecule has 0 N–H and O–H groups in total. The van der Waals surface area contributed by atoms with Gasteiger partial charge in [0.25, 0.3) is 0 Å². The molecule has 0 aromatic rings. The molecule has 0 radical (unpaired) electrons. The lowest BCUT2D eigenvalue weighted by Gasteiger charge is -2.62. The molecular formula is C28H50N2O2. The molecule has 4 fully saturated rings. The Kier molecular flexibility index (Phi) is 6.55. The highest BCUT2D eigenvalue weighted by Gasteiger charge is 2.62. The Hall–Kier alpha value is -0.610. The first kappa shape index (κ1) is 24.5. The predicted octanol–water partition coefficient (Wildman–Crippen LogP) is 5.46. The fraction of sp³-hybridized carbons (Fsp3) is 0.964. The van der Waals surface area contributed by atoms with Crippen molar-refractivity contribution in [3.63, 3.8) is 0 Å². The van der Waals surface area contributed by atoms with Gasteiger partial charge < -0.3 is 9.64 Å². The number of hydrogen-bond acceptors (Lipinski definition) is 4. The molecule has 0 aromatic carbocycles. The summed E-state index contributed by atoms with van der Waals surface area (Å²) in [7, 11) is 8.42. The fourth-order valence-electron chi connectivity index (χ4n) is 9.28. The van der Waals surface area contributed by atoms with Gasteiger partial charge in [-0.15, -0.1) is 0 Å². The minimum Gasteiger partial charge on any atom is -0.461 e. The third-order valence-electron chi connectivity index (χ3n) is 11.4. The third kappa shape index (κ3) is 3.96. The van der Waals surface area contributed by atoms with Crippen LogP contribution in [0.3, 0.4) is 0 Å². The summed E-state index contributed by atoms with van der Waals surface area (Å²) in [6.07, 6.45) is 11.9. The van der Waals surface area contributed by atoms with Gasteiger partial charge in [0.15, 0.2) is 0 Å². The molecule has 0 spiro atoms. The van der Waals surface area contributed by atoms with E-state index >= 15 is 0 Å². The number of carbonyl (C=O) groups is 1. The molecule has 0 bridgehead atoms. The number of hydrogen-bond donors (Lipinski definition) is 0. The van der Waals surface area contributed by atoms with Gasteiger partial charge in [0.05, 0.1) is 6.54 Å². The van der Waals surface area contributed by atoms with Gasteiger partial charge in [-0.25, -0.2) is 0 Å². The molecule has 8 atom stereocenters. The lowest BCUT2D eigenvalue weighted by molar-refractivity contribution is -0.164. The smallest absolute Gasteiger partial charge is 0.320 e. The Morgan fingerprint density at radius 2 is 1.56 bits per heavy atom. The zero-order valence-corrected chi connectivity index (χ0v) is 22.2. The maximum Gasteiger partial charge on any atom is 0.320 e. The van der Waals surface area contributed by atoms with Crippen molar-refractivity contribution in [3.8, 4) is 0 Å². The van der Waals surface area contributed by atoms with Gasteiger partial charge in [-0.3, -0.25) is 9.69 Å². The van der Waals surface area contributed by atoms with Crippen LogP contribution in [0.25, 0.3) is 0 Å². The number of nitrogens with zero attached hydrogens (tertiary/aromatic N) is 2. The van der Waals surface area contributed by atoms with Crippen molar-refractivity contribution in [2.75, 3.05) is 34.7 Å². The average Bonchev–Trinajstić information content (AvgIpc) is 3.05. The second kappa shape index (κ2) is 8.56. The van der Waals surface area contributed by atoms with E-state index in [1.54, 1.807) is 0 Å². The highest BCUT2D eigenvalue weighted by molar-refractivity contribution is 5.71. The lowest BCUT2D eigenvalue weighted by Crippen LogP contribution is -2.57. The van der Waals surface area contributed by atoms with E-state index < -0.39 is 0 Å². The Bertz CT molecular complexity index is 704. The van der Waals surface area contributed by atoms with Gasteiger partial charge in [0.1, 0.15) is 6.10 Å². The average molecular weight is 447 g/mol. The quantitative estimate of drug-likeness (QED) is 0.525. The van der Waals surface area contributed by atoms with Crippen molar-refractivity contribution in [3.05, 3.63) is 0 Å². The summed E-state index contributed by atoms with van der Waals surface area (Å²) in [5, 5.41) is 0. The van der Waals surface area contributed by atoms with Crippen molar-refractivity contribution < 1.29 is 9.53 Å². The van der Waals surface area contributed by atoms with Crippen LogP contribution in [0.5, 0.6) is 0 Å². The zero-order chi connectivity index (χ0) is 23.5. The highest BCUT2D eigenvalue weighted by atomic mass is 16.5. The molecule has 4 nitrogen and oxygen atoms in total. The van der Waals surface area contributed by atoms with E-state index in [2.05, 4.69) is 46.7 Å². The number of ether oxygens (including phenoxy) is 1. The molecule has 0 unspecified atom stereocenters. The van der Waals surface area contributed by atoms with Gasteiger partial charge in [-0.2, -0.15) is 0 Å². The Morgan fingerprint density at radius 3 is 2.22 bits per heavy atom. The fourth-order valence-corrected chi connectivity index (χ4v) is 9.28. The molecule has 0 aliphatic heterocycles. The van der Waals surface area contributed by atoms with Crippen LogP contribution in [0.4, 0.5) is 0 Å². The molecular weight excluding hydrogens is 396 g/mol. The molecule has 0 aromatic heterocycles. The summed E-state index contributed by atoms with van der Waals surface area (Å²) in [4.78, 5) is 16.6. The van der Waals surface area contributed by atoms with Crippen LogP contribution in [0, 0.1) is 40.4 Å².